The van der Waals surface area contributed by atoms with Crippen molar-refractivity contribution in [2.75, 3.05) is 13.7 Å². The summed E-state index contributed by atoms with van der Waals surface area (Å²) in [5, 5.41) is 0. The van der Waals surface area contributed by atoms with Crippen LogP contribution in [0, 0.1) is 0 Å². The van der Waals surface area contributed by atoms with E-state index in [1.807, 2.05) is 18.2 Å². The molecule has 2 rings (SSSR count). The zero-order valence-corrected chi connectivity index (χ0v) is 10.9. The number of rotatable bonds is 3. The fourth-order valence-corrected chi connectivity index (χ4v) is 2.40. The summed E-state index contributed by atoms with van der Waals surface area (Å²) in [6.07, 6.45) is 4.89. The molecule has 3 nitrogen and oxygen atoms in total. The van der Waals surface area contributed by atoms with Gasteiger partial charge in [0.05, 0.1) is 7.11 Å². The van der Waals surface area contributed by atoms with Crippen molar-refractivity contribution >= 4 is 5.97 Å². The second kappa shape index (κ2) is 5.83. The summed E-state index contributed by atoms with van der Waals surface area (Å²) in [7, 11) is 1.45. The summed E-state index contributed by atoms with van der Waals surface area (Å²) in [6.45, 7) is 2.92. The molecule has 0 spiro atoms. The third-order valence-corrected chi connectivity index (χ3v) is 3.50. The number of hydrogen-bond acceptors (Lipinski definition) is 3. The number of esters is 1. The van der Waals surface area contributed by atoms with E-state index in [2.05, 4.69) is 36.1 Å². The molecule has 0 amide bonds. The van der Waals surface area contributed by atoms with E-state index in [0.29, 0.717) is 0 Å². The highest BCUT2D eigenvalue weighted by Gasteiger charge is 2.31. The normalized spacial score (nSPS) is 21.6. The maximum atomic E-state index is 11.8. The van der Waals surface area contributed by atoms with Gasteiger partial charge in [0.15, 0.2) is 0 Å². The van der Waals surface area contributed by atoms with Gasteiger partial charge in [-0.1, -0.05) is 42.5 Å². The summed E-state index contributed by atoms with van der Waals surface area (Å²) in [6, 6.07) is 10.3. The van der Waals surface area contributed by atoms with Crippen molar-refractivity contribution in [2.24, 2.45) is 0 Å². The van der Waals surface area contributed by atoms with Gasteiger partial charge in [0.2, 0.25) is 0 Å². The van der Waals surface area contributed by atoms with Crippen LogP contribution in [-0.2, 0) is 9.53 Å². The third-order valence-electron chi connectivity index (χ3n) is 3.50. The van der Waals surface area contributed by atoms with Crippen LogP contribution in [0.15, 0.2) is 42.5 Å². The number of carbonyl (C=O) groups is 1. The molecule has 0 aliphatic carbocycles. The first-order valence-corrected chi connectivity index (χ1v) is 6.27. The van der Waals surface area contributed by atoms with Gasteiger partial charge in [-0.3, -0.25) is 9.69 Å². The minimum absolute atomic E-state index is 0.151. The van der Waals surface area contributed by atoms with E-state index in [0.717, 1.165) is 13.0 Å². The van der Waals surface area contributed by atoms with E-state index in [-0.39, 0.29) is 18.1 Å². The second-order valence-electron chi connectivity index (χ2n) is 4.53. The fourth-order valence-electron chi connectivity index (χ4n) is 2.40. The van der Waals surface area contributed by atoms with Crippen LogP contribution in [0.25, 0.3) is 0 Å². The Labute approximate surface area is 108 Å². The number of nitrogens with zero attached hydrogens (tertiary/aromatic N) is 1. The number of methoxy groups -OCH3 is 1. The Morgan fingerprint density at radius 2 is 2.06 bits per heavy atom. The molecule has 1 aliphatic heterocycles. The minimum Gasteiger partial charge on any atom is -0.468 e. The Balaban J connectivity index is 2.19. The van der Waals surface area contributed by atoms with Crippen LogP contribution in [0.3, 0.4) is 0 Å². The molecular weight excluding hydrogens is 226 g/mol. The Hall–Kier alpha value is -1.61. The minimum atomic E-state index is -0.171. The smallest absolute Gasteiger partial charge is 0.323 e. The van der Waals surface area contributed by atoms with E-state index < -0.39 is 0 Å². The largest absolute Gasteiger partial charge is 0.468 e. The van der Waals surface area contributed by atoms with Crippen LogP contribution >= 0.6 is 0 Å². The topological polar surface area (TPSA) is 29.5 Å². The second-order valence-corrected chi connectivity index (χ2v) is 4.53. The molecule has 1 aromatic rings. The summed E-state index contributed by atoms with van der Waals surface area (Å²) in [5.41, 5.74) is 1.22. The summed E-state index contributed by atoms with van der Waals surface area (Å²) >= 11 is 0. The third kappa shape index (κ3) is 2.62. The van der Waals surface area contributed by atoms with Gasteiger partial charge in [0, 0.05) is 12.6 Å². The molecular formula is C15H19NO2. The Morgan fingerprint density at radius 3 is 2.72 bits per heavy atom. The van der Waals surface area contributed by atoms with E-state index >= 15 is 0 Å². The quantitative estimate of drug-likeness (QED) is 0.605. The van der Waals surface area contributed by atoms with Gasteiger partial charge >= 0.3 is 5.97 Å². The van der Waals surface area contributed by atoms with Crippen molar-refractivity contribution in [1.29, 1.82) is 0 Å². The van der Waals surface area contributed by atoms with Crippen molar-refractivity contribution in [3.05, 3.63) is 48.0 Å². The highest BCUT2D eigenvalue weighted by Crippen LogP contribution is 2.26. The number of carbonyl (C=O) groups excluding carboxylic acids is 1. The van der Waals surface area contributed by atoms with Crippen molar-refractivity contribution in [3.8, 4) is 0 Å². The van der Waals surface area contributed by atoms with Crippen molar-refractivity contribution < 1.29 is 9.53 Å². The lowest BCUT2D eigenvalue weighted by Gasteiger charge is -2.36. The van der Waals surface area contributed by atoms with Crippen LogP contribution < -0.4 is 0 Å². The maximum absolute atomic E-state index is 11.8. The molecule has 1 aromatic carbocycles. The fraction of sp³-hybridized carbons (Fsp3) is 0.400. The molecule has 1 heterocycles. The lowest BCUT2D eigenvalue weighted by atomic mass is 10.0. The SMILES string of the molecule is COC(=O)C1CC=CCN1C(C)c1ccccc1. The first kappa shape index (κ1) is 12.8. The molecule has 0 bridgehead atoms. The average Bonchev–Trinajstić information content (AvgIpc) is 2.46. The number of hydrogen-bond donors (Lipinski definition) is 0. The predicted octanol–water partition coefficient (Wildman–Crippen LogP) is 2.55. The maximum Gasteiger partial charge on any atom is 0.323 e. The first-order valence-electron chi connectivity index (χ1n) is 6.27. The zero-order valence-electron chi connectivity index (χ0n) is 10.9. The van der Waals surface area contributed by atoms with Crippen molar-refractivity contribution in [2.45, 2.75) is 25.4 Å². The van der Waals surface area contributed by atoms with Crippen molar-refractivity contribution in [1.82, 2.24) is 4.90 Å². The van der Waals surface area contributed by atoms with E-state index in [4.69, 9.17) is 4.74 Å². The van der Waals surface area contributed by atoms with Crippen LogP contribution in [0.4, 0.5) is 0 Å². The Kier molecular flexibility index (Phi) is 4.15. The van der Waals surface area contributed by atoms with Crippen LogP contribution in [-0.4, -0.2) is 30.6 Å². The summed E-state index contributed by atoms with van der Waals surface area (Å²) in [4.78, 5) is 14.0. The lowest BCUT2D eigenvalue weighted by Crippen LogP contribution is -2.44. The number of ether oxygens (including phenoxy) is 1. The zero-order chi connectivity index (χ0) is 13.0. The molecule has 0 radical (unpaired) electrons. The van der Waals surface area contributed by atoms with Gasteiger partial charge in [-0.15, -0.1) is 0 Å². The van der Waals surface area contributed by atoms with Crippen LogP contribution in [0.5, 0.6) is 0 Å². The van der Waals surface area contributed by atoms with Gasteiger partial charge in [-0.05, 0) is 18.9 Å². The van der Waals surface area contributed by atoms with E-state index in [1.165, 1.54) is 12.7 Å². The molecule has 18 heavy (non-hydrogen) atoms. The monoisotopic (exact) mass is 245 g/mol. The van der Waals surface area contributed by atoms with Crippen molar-refractivity contribution in [3.63, 3.8) is 0 Å². The van der Waals surface area contributed by atoms with Gasteiger partial charge in [-0.2, -0.15) is 0 Å². The molecule has 2 atom stereocenters. The first-order chi connectivity index (χ1) is 8.74. The molecule has 3 heteroatoms. The molecule has 0 N–H and O–H groups in total. The molecule has 96 valence electrons. The van der Waals surface area contributed by atoms with Gasteiger partial charge in [-0.25, -0.2) is 0 Å². The van der Waals surface area contributed by atoms with Gasteiger partial charge in [0.1, 0.15) is 6.04 Å². The molecule has 0 saturated carbocycles. The Bertz CT molecular complexity index is 427. The van der Waals surface area contributed by atoms with Gasteiger partial charge < -0.3 is 4.74 Å². The lowest BCUT2D eigenvalue weighted by molar-refractivity contribution is -0.147. The number of benzene rings is 1. The summed E-state index contributed by atoms with van der Waals surface area (Å²) < 4.78 is 4.89. The molecule has 0 saturated heterocycles. The molecule has 0 fully saturated rings. The highest BCUT2D eigenvalue weighted by molar-refractivity contribution is 5.76. The molecule has 1 aliphatic rings. The summed E-state index contributed by atoms with van der Waals surface area (Å²) in [5.74, 6) is -0.151. The predicted molar refractivity (Wildman–Crippen MR) is 71.1 cm³/mol. The average molecular weight is 245 g/mol. The highest BCUT2D eigenvalue weighted by atomic mass is 16.5. The molecule has 0 aromatic heterocycles. The molecule has 2 unspecified atom stereocenters. The van der Waals surface area contributed by atoms with Crippen LogP contribution in [0.2, 0.25) is 0 Å². The standard InChI is InChI=1S/C15H19NO2/c1-12(13-8-4-3-5-9-13)16-11-7-6-10-14(16)15(17)18-2/h3-9,12,14H,10-11H2,1-2H3. The van der Waals surface area contributed by atoms with Crippen LogP contribution in [0.1, 0.15) is 24.9 Å². The van der Waals surface area contributed by atoms with Gasteiger partial charge in [0.25, 0.3) is 0 Å². The van der Waals surface area contributed by atoms with E-state index in [9.17, 15) is 4.79 Å². The van der Waals surface area contributed by atoms with E-state index in [1.54, 1.807) is 0 Å². The Morgan fingerprint density at radius 1 is 1.33 bits per heavy atom.